The maximum absolute atomic E-state index is 12.7. The van der Waals surface area contributed by atoms with Crippen molar-refractivity contribution in [3.8, 4) is 22.7 Å². The van der Waals surface area contributed by atoms with E-state index in [0.29, 0.717) is 17.1 Å². The SMILES string of the molecule is O=C(Cn1nc(-c2ccco2)ccc1=O)Nc1ccccc1-c1cn2ccccc2n1. The van der Waals surface area contributed by atoms with Crippen LogP contribution in [0.25, 0.3) is 28.4 Å². The van der Waals surface area contributed by atoms with Crippen molar-refractivity contribution in [2.24, 2.45) is 0 Å². The molecule has 0 aliphatic heterocycles. The van der Waals surface area contributed by atoms with Gasteiger partial charge in [0.25, 0.3) is 5.56 Å². The summed E-state index contributed by atoms with van der Waals surface area (Å²) in [5.74, 6) is 0.147. The molecule has 0 atom stereocenters. The van der Waals surface area contributed by atoms with Crippen LogP contribution in [0.1, 0.15) is 0 Å². The van der Waals surface area contributed by atoms with Crippen molar-refractivity contribution < 1.29 is 9.21 Å². The van der Waals surface area contributed by atoms with E-state index in [1.54, 1.807) is 24.3 Å². The molecule has 4 heterocycles. The average Bonchev–Trinajstić information content (AvgIpc) is 3.45. The Bertz CT molecular complexity index is 1400. The predicted octanol–water partition coefficient (Wildman–Crippen LogP) is 3.46. The number of pyridine rings is 1. The molecule has 5 rings (SSSR count). The minimum Gasteiger partial charge on any atom is -0.463 e. The normalized spacial score (nSPS) is 11.0. The van der Waals surface area contributed by atoms with Crippen molar-refractivity contribution in [1.82, 2.24) is 19.2 Å². The number of nitrogens with one attached hydrogen (secondary N) is 1. The van der Waals surface area contributed by atoms with Gasteiger partial charge in [0.1, 0.15) is 17.9 Å². The molecule has 0 radical (unpaired) electrons. The van der Waals surface area contributed by atoms with Gasteiger partial charge in [0, 0.05) is 24.0 Å². The average molecular weight is 411 g/mol. The van der Waals surface area contributed by atoms with Crippen LogP contribution in [0.4, 0.5) is 5.69 Å². The summed E-state index contributed by atoms with van der Waals surface area (Å²) in [6.07, 6.45) is 5.34. The van der Waals surface area contributed by atoms with E-state index < -0.39 is 0 Å². The molecule has 0 bridgehead atoms. The Morgan fingerprint density at radius 2 is 1.84 bits per heavy atom. The molecule has 8 heteroatoms. The molecule has 1 aromatic carbocycles. The van der Waals surface area contributed by atoms with Crippen LogP contribution in [0.2, 0.25) is 0 Å². The lowest BCUT2D eigenvalue weighted by Gasteiger charge is -2.10. The fraction of sp³-hybridized carbons (Fsp3) is 0.0435. The topological polar surface area (TPSA) is 94.4 Å². The second-order valence-electron chi connectivity index (χ2n) is 6.88. The first-order valence-corrected chi connectivity index (χ1v) is 9.62. The third kappa shape index (κ3) is 3.74. The summed E-state index contributed by atoms with van der Waals surface area (Å²) in [7, 11) is 0. The van der Waals surface area contributed by atoms with E-state index in [1.807, 2.05) is 53.2 Å². The van der Waals surface area contributed by atoms with E-state index >= 15 is 0 Å². The van der Waals surface area contributed by atoms with Crippen LogP contribution in [-0.4, -0.2) is 25.1 Å². The third-order valence-corrected chi connectivity index (χ3v) is 4.77. The first-order chi connectivity index (χ1) is 15.2. The van der Waals surface area contributed by atoms with Gasteiger partial charge in [-0.3, -0.25) is 9.59 Å². The minimum atomic E-state index is -0.376. The standard InChI is InChI=1S/C23H17N5O3/c29-22(15-28-23(30)11-10-18(26-28)20-8-5-13-31-20)25-17-7-2-1-6-16(17)19-14-27-12-4-3-9-21(27)24-19/h1-14H,15H2,(H,25,29). The first-order valence-electron chi connectivity index (χ1n) is 9.62. The summed E-state index contributed by atoms with van der Waals surface area (Å²) in [5, 5.41) is 7.11. The molecule has 1 N–H and O–H groups in total. The van der Waals surface area contributed by atoms with E-state index in [-0.39, 0.29) is 18.0 Å². The van der Waals surface area contributed by atoms with Gasteiger partial charge >= 0.3 is 0 Å². The van der Waals surface area contributed by atoms with Gasteiger partial charge in [-0.25, -0.2) is 9.67 Å². The highest BCUT2D eigenvalue weighted by Crippen LogP contribution is 2.27. The van der Waals surface area contributed by atoms with Crippen LogP contribution in [0.5, 0.6) is 0 Å². The number of fused-ring (bicyclic) bond motifs is 1. The van der Waals surface area contributed by atoms with Gasteiger partial charge in [-0.1, -0.05) is 24.3 Å². The Hall–Kier alpha value is -4.46. The number of aromatic nitrogens is 4. The van der Waals surface area contributed by atoms with Gasteiger partial charge in [0.15, 0.2) is 5.76 Å². The zero-order chi connectivity index (χ0) is 21.2. The number of hydrogen-bond acceptors (Lipinski definition) is 5. The summed E-state index contributed by atoms with van der Waals surface area (Å²) >= 11 is 0. The fourth-order valence-electron chi connectivity index (χ4n) is 3.32. The van der Waals surface area contributed by atoms with Crippen LogP contribution in [0, 0.1) is 0 Å². The number of carbonyl (C=O) groups is 1. The smallest absolute Gasteiger partial charge is 0.267 e. The second-order valence-corrected chi connectivity index (χ2v) is 6.88. The Labute approximate surface area is 176 Å². The van der Waals surface area contributed by atoms with Crippen molar-refractivity contribution in [1.29, 1.82) is 0 Å². The number of para-hydroxylation sites is 1. The summed E-state index contributed by atoms with van der Waals surface area (Å²) < 4.78 is 8.34. The fourth-order valence-corrected chi connectivity index (χ4v) is 3.32. The lowest BCUT2D eigenvalue weighted by molar-refractivity contribution is -0.117. The molecule has 152 valence electrons. The molecule has 0 saturated carbocycles. The quantitative estimate of drug-likeness (QED) is 0.478. The maximum atomic E-state index is 12.7. The van der Waals surface area contributed by atoms with Crippen LogP contribution in [0.3, 0.4) is 0 Å². The molecular formula is C23H17N5O3. The van der Waals surface area contributed by atoms with Crippen molar-refractivity contribution in [3.63, 3.8) is 0 Å². The lowest BCUT2D eigenvalue weighted by Crippen LogP contribution is -2.29. The summed E-state index contributed by atoms with van der Waals surface area (Å²) in [6.45, 7) is -0.229. The number of hydrogen-bond donors (Lipinski definition) is 1. The Kier molecular flexibility index (Phi) is 4.64. The van der Waals surface area contributed by atoms with Gasteiger partial charge in [0.05, 0.1) is 17.6 Å². The molecular weight excluding hydrogens is 394 g/mol. The van der Waals surface area contributed by atoms with Crippen LogP contribution in [-0.2, 0) is 11.3 Å². The first kappa shape index (κ1) is 18.6. The number of amides is 1. The van der Waals surface area contributed by atoms with E-state index in [1.165, 1.54) is 12.3 Å². The maximum Gasteiger partial charge on any atom is 0.267 e. The largest absolute Gasteiger partial charge is 0.463 e. The highest BCUT2D eigenvalue weighted by atomic mass is 16.3. The monoisotopic (exact) mass is 411 g/mol. The molecule has 0 aliphatic carbocycles. The number of furan rings is 1. The number of benzene rings is 1. The molecule has 5 aromatic rings. The molecule has 0 unspecified atom stereocenters. The van der Waals surface area contributed by atoms with Gasteiger partial charge < -0.3 is 14.1 Å². The Morgan fingerprint density at radius 3 is 2.68 bits per heavy atom. The summed E-state index contributed by atoms with van der Waals surface area (Å²) in [5.41, 5.74) is 3.03. The zero-order valence-electron chi connectivity index (χ0n) is 16.3. The molecule has 4 aromatic heterocycles. The number of nitrogens with zero attached hydrogens (tertiary/aromatic N) is 4. The molecule has 0 fully saturated rings. The molecule has 0 spiro atoms. The Morgan fingerprint density at radius 1 is 0.968 bits per heavy atom. The van der Waals surface area contributed by atoms with Crippen molar-refractivity contribution in [2.75, 3.05) is 5.32 Å². The molecule has 8 nitrogen and oxygen atoms in total. The molecule has 0 saturated heterocycles. The summed E-state index contributed by atoms with van der Waals surface area (Å²) in [6, 6.07) is 19.6. The van der Waals surface area contributed by atoms with Crippen molar-refractivity contribution >= 4 is 17.2 Å². The van der Waals surface area contributed by atoms with E-state index in [2.05, 4.69) is 15.4 Å². The zero-order valence-corrected chi connectivity index (χ0v) is 16.3. The molecule has 0 aliphatic rings. The summed E-state index contributed by atoms with van der Waals surface area (Å²) in [4.78, 5) is 29.5. The Balaban J connectivity index is 1.41. The molecule has 31 heavy (non-hydrogen) atoms. The van der Waals surface area contributed by atoms with Gasteiger partial charge in [-0.05, 0) is 36.4 Å². The minimum absolute atomic E-state index is 0.229. The number of rotatable bonds is 5. The molecule has 1 amide bonds. The van der Waals surface area contributed by atoms with E-state index in [4.69, 9.17) is 4.42 Å². The van der Waals surface area contributed by atoms with Crippen LogP contribution >= 0.6 is 0 Å². The van der Waals surface area contributed by atoms with Crippen molar-refractivity contribution in [2.45, 2.75) is 6.54 Å². The van der Waals surface area contributed by atoms with Crippen molar-refractivity contribution in [3.05, 3.63) is 95.7 Å². The number of carbonyl (C=O) groups excluding carboxylic acids is 1. The number of anilines is 1. The van der Waals surface area contributed by atoms with E-state index in [0.717, 1.165) is 21.6 Å². The van der Waals surface area contributed by atoms with Crippen LogP contribution in [0.15, 0.2) is 94.6 Å². The third-order valence-electron chi connectivity index (χ3n) is 4.77. The predicted molar refractivity (Wildman–Crippen MR) is 115 cm³/mol. The van der Waals surface area contributed by atoms with E-state index in [9.17, 15) is 9.59 Å². The van der Waals surface area contributed by atoms with Gasteiger partial charge in [0.2, 0.25) is 5.91 Å². The number of imidazole rings is 1. The van der Waals surface area contributed by atoms with Gasteiger partial charge in [-0.2, -0.15) is 5.10 Å². The van der Waals surface area contributed by atoms with Crippen LogP contribution < -0.4 is 10.9 Å². The van der Waals surface area contributed by atoms with Gasteiger partial charge in [-0.15, -0.1) is 0 Å². The highest BCUT2D eigenvalue weighted by Gasteiger charge is 2.13. The lowest BCUT2D eigenvalue weighted by atomic mass is 10.1. The second kappa shape index (κ2) is 7.75. The highest BCUT2D eigenvalue weighted by molar-refractivity contribution is 5.95.